The first-order valence-corrected chi connectivity index (χ1v) is 9.08. The third kappa shape index (κ3) is 2.72. The third-order valence-corrected chi connectivity index (χ3v) is 5.26. The molecule has 28 heavy (non-hydrogen) atoms. The van der Waals surface area contributed by atoms with Gasteiger partial charge in [-0.2, -0.15) is 5.10 Å². The molecule has 5 rings (SSSR count). The molecule has 1 aliphatic rings. The quantitative estimate of drug-likeness (QED) is 0.598. The number of benzene rings is 2. The van der Waals surface area contributed by atoms with Crippen LogP contribution in [0.3, 0.4) is 0 Å². The normalized spacial score (nSPS) is 16.2. The van der Waals surface area contributed by atoms with Crippen LogP contribution in [0.15, 0.2) is 64.1 Å². The summed E-state index contributed by atoms with van der Waals surface area (Å²) in [5.74, 6) is -0.551. The van der Waals surface area contributed by atoms with Crippen LogP contribution in [0, 0.1) is 0 Å². The Labute approximate surface area is 160 Å². The predicted octanol–water partition coefficient (Wildman–Crippen LogP) is 2.85. The molecule has 1 aliphatic heterocycles. The summed E-state index contributed by atoms with van der Waals surface area (Å²) in [5.41, 5.74) is 5.05. The van der Waals surface area contributed by atoms with Gasteiger partial charge in [0.1, 0.15) is 0 Å². The first-order valence-electron chi connectivity index (χ1n) is 9.08. The standard InChI is InChI=1S/C21H18N4O3/c1-24-18-9-16-15(10-20(26)23-17(16)11-19(18)28-21(24)27)14-5-2-4-13(8-14)12-25-7-3-6-22-25/h2-9,11,15H,10,12H2,1H3,(H,23,26)/t15-/m1/s1. The van der Waals surface area contributed by atoms with Crippen molar-refractivity contribution in [3.63, 3.8) is 0 Å². The van der Waals surface area contributed by atoms with E-state index in [0.29, 0.717) is 24.2 Å². The fourth-order valence-electron chi connectivity index (χ4n) is 3.87. The van der Waals surface area contributed by atoms with E-state index in [1.54, 1.807) is 19.3 Å². The lowest BCUT2D eigenvalue weighted by atomic mass is 9.84. The van der Waals surface area contributed by atoms with Crippen LogP contribution in [0.4, 0.5) is 5.69 Å². The van der Waals surface area contributed by atoms with Crippen LogP contribution in [0.2, 0.25) is 0 Å². The molecule has 1 atom stereocenters. The van der Waals surface area contributed by atoms with Crippen LogP contribution in [-0.4, -0.2) is 20.3 Å². The summed E-state index contributed by atoms with van der Waals surface area (Å²) < 4.78 is 8.62. The molecule has 1 amide bonds. The van der Waals surface area contributed by atoms with Crippen molar-refractivity contribution >= 4 is 22.7 Å². The van der Waals surface area contributed by atoms with E-state index in [0.717, 1.165) is 22.2 Å². The number of nitrogens with zero attached hydrogens (tertiary/aromatic N) is 3. The molecule has 2 aromatic carbocycles. The lowest BCUT2D eigenvalue weighted by Gasteiger charge is -2.26. The first kappa shape index (κ1) is 16.6. The number of oxazole rings is 1. The molecule has 1 N–H and O–H groups in total. The Morgan fingerprint density at radius 2 is 2.11 bits per heavy atom. The van der Waals surface area contributed by atoms with Gasteiger partial charge in [-0.25, -0.2) is 4.79 Å². The van der Waals surface area contributed by atoms with Crippen molar-refractivity contribution < 1.29 is 9.21 Å². The van der Waals surface area contributed by atoms with E-state index < -0.39 is 5.76 Å². The van der Waals surface area contributed by atoms with Gasteiger partial charge in [0.05, 0.1) is 12.1 Å². The number of nitrogens with one attached hydrogen (secondary N) is 1. The largest absolute Gasteiger partial charge is 0.419 e. The summed E-state index contributed by atoms with van der Waals surface area (Å²) >= 11 is 0. The van der Waals surface area contributed by atoms with Crippen molar-refractivity contribution in [3.05, 3.63) is 82.1 Å². The Balaban J connectivity index is 1.60. The minimum atomic E-state index is -0.415. The summed E-state index contributed by atoms with van der Waals surface area (Å²) in [6.45, 7) is 0.669. The van der Waals surface area contributed by atoms with Crippen molar-refractivity contribution in [1.29, 1.82) is 0 Å². The van der Waals surface area contributed by atoms with Gasteiger partial charge < -0.3 is 9.73 Å². The van der Waals surface area contributed by atoms with Crippen molar-refractivity contribution in [2.24, 2.45) is 7.05 Å². The van der Waals surface area contributed by atoms with Crippen LogP contribution < -0.4 is 11.1 Å². The van der Waals surface area contributed by atoms with Gasteiger partial charge in [-0.15, -0.1) is 0 Å². The van der Waals surface area contributed by atoms with Gasteiger partial charge in [0.2, 0.25) is 5.91 Å². The maximum atomic E-state index is 12.3. The molecule has 0 spiro atoms. The van der Waals surface area contributed by atoms with Gasteiger partial charge in [-0.1, -0.05) is 24.3 Å². The maximum Gasteiger partial charge on any atom is 0.419 e. The Bertz CT molecular complexity index is 1250. The van der Waals surface area contributed by atoms with Gasteiger partial charge in [-0.05, 0) is 28.8 Å². The van der Waals surface area contributed by atoms with Crippen LogP contribution in [-0.2, 0) is 18.4 Å². The zero-order valence-corrected chi connectivity index (χ0v) is 15.3. The molecule has 0 radical (unpaired) electrons. The number of hydrogen-bond donors (Lipinski definition) is 1. The summed E-state index contributed by atoms with van der Waals surface area (Å²) in [7, 11) is 1.68. The molecular formula is C21H18N4O3. The van der Waals surface area contributed by atoms with Gasteiger partial charge in [0, 0.05) is 43.5 Å². The molecular weight excluding hydrogens is 356 g/mol. The molecule has 4 aromatic rings. The number of hydrogen-bond acceptors (Lipinski definition) is 4. The molecule has 0 fully saturated rings. The summed E-state index contributed by atoms with van der Waals surface area (Å²) in [6, 6.07) is 13.8. The van der Waals surface area contributed by atoms with E-state index in [-0.39, 0.29) is 11.8 Å². The monoisotopic (exact) mass is 374 g/mol. The summed E-state index contributed by atoms with van der Waals surface area (Å²) in [5, 5.41) is 7.16. The molecule has 0 saturated heterocycles. The zero-order valence-electron chi connectivity index (χ0n) is 15.3. The summed E-state index contributed by atoms with van der Waals surface area (Å²) in [4.78, 5) is 24.2. The Morgan fingerprint density at radius 1 is 1.21 bits per heavy atom. The minimum Gasteiger partial charge on any atom is -0.408 e. The lowest BCUT2D eigenvalue weighted by molar-refractivity contribution is -0.116. The molecule has 7 heteroatoms. The van der Waals surface area contributed by atoms with Gasteiger partial charge in [-0.3, -0.25) is 14.0 Å². The van der Waals surface area contributed by atoms with E-state index in [1.165, 1.54) is 4.57 Å². The Kier molecular flexibility index (Phi) is 3.68. The number of aryl methyl sites for hydroxylation is 1. The van der Waals surface area contributed by atoms with Crippen molar-refractivity contribution in [2.45, 2.75) is 18.9 Å². The maximum absolute atomic E-state index is 12.3. The second-order valence-corrected chi connectivity index (χ2v) is 7.09. The molecule has 0 bridgehead atoms. The molecule has 3 heterocycles. The minimum absolute atomic E-state index is 0.0485. The van der Waals surface area contributed by atoms with Gasteiger partial charge in [0.25, 0.3) is 0 Å². The SMILES string of the molecule is Cn1c(=O)oc2cc3c(cc21)[C@@H](c1cccc(Cn2cccn2)c1)CC(=O)N3. The highest BCUT2D eigenvalue weighted by molar-refractivity contribution is 5.97. The highest BCUT2D eigenvalue weighted by atomic mass is 16.4. The van der Waals surface area contributed by atoms with E-state index in [1.807, 2.05) is 35.1 Å². The zero-order chi connectivity index (χ0) is 19.3. The van der Waals surface area contributed by atoms with E-state index >= 15 is 0 Å². The number of carbonyl (C=O) groups is 1. The second kappa shape index (κ2) is 6.23. The highest BCUT2D eigenvalue weighted by Crippen LogP contribution is 2.39. The predicted molar refractivity (Wildman–Crippen MR) is 104 cm³/mol. The molecule has 7 nitrogen and oxygen atoms in total. The van der Waals surface area contributed by atoms with E-state index in [4.69, 9.17) is 4.42 Å². The average molecular weight is 374 g/mol. The number of amides is 1. The number of anilines is 1. The van der Waals surface area contributed by atoms with Crippen LogP contribution in [0.25, 0.3) is 11.1 Å². The average Bonchev–Trinajstić information content (AvgIpc) is 3.28. The molecule has 140 valence electrons. The fourth-order valence-corrected chi connectivity index (χ4v) is 3.87. The molecule has 0 saturated carbocycles. The van der Waals surface area contributed by atoms with E-state index in [9.17, 15) is 9.59 Å². The van der Waals surface area contributed by atoms with Crippen molar-refractivity contribution in [1.82, 2.24) is 14.3 Å². The molecule has 0 unspecified atom stereocenters. The first-order chi connectivity index (χ1) is 13.6. The number of aromatic nitrogens is 3. The lowest BCUT2D eigenvalue weighted by Crippen LogP contribution is -2.23. The topological polar surface area (TPSA) is 82.1 Å². The number of rotatable bonds is 3. The van der Waals surface area contributed by atoms with Crippen LogP contribution in [0.1, 0.15) is 29.0 Å². The van der Waals surface area contributed by atoms with Crippen LogP contribution >= 0.6 is 0 Å². The fraction of sp³-hybridized carbons (Fsp3) is 0.190. The van der Waals surface area contributed by atoms with Crippen molar-refractivity contribution in [2.75, 3.05) is 5.32 Å². The smallest absolute Gasteiger partial charge is 0.408 e. The summed E-state index contributed by atoms with van der Waals surface area (Å²) in [6.07, 6.45) is 4.04. The third-order valence-electron chi connectivity index (χ3n) is 5.26. The number of carbonyl (C=O) groups excluding carboxylic acids is 1. The van der Waals surface area contributed by atoms with Gasteiger partial charge in [0.15, 0.2) is 5.58 Å². The molecule has 2 aromatic heterocycles. The Morgan fingerprint density at radius 3 is 2.93 bits per heavy atom. The van der Waals surface area contributed by atoms with Crippen LogP contribution in [0.5, 0.6) is 0 Å². The van der Waals surface area contributed by atoms with Gasteiger partial charge >= 0.3 is 5.76 Å². The number of fused-ring (bicyclic) bond motifs is 2. The van der Waals surface area contributed by atoms with Crippen molar-refractivity contribution in [3.8, 4) is 0 Å². The van der Waals surface area contributed by atoms with E-state index in [2.05, 4.69) is 22.5 Å². The molecule has 0 aliphatic carbocycles. The second-order valence-electron chi connectivity index (χ2n) is 7.09. The highest BCUT2D eigenvalue weighted by Gasteiger charge is 2.28. The Hall–Kier alpha value is -3.61.